The van der Waals surface area contributed by atoms with Gasteiger partial charge in [0.2, 0.25) is 10.9 Å². The number of thiazole rings is 1. The number of piperazine rings is 1. The molecular weight excluding hydrogens is 543 g/mol. The number of nitrogens with zero attached hydrogens (tertiary/aromatic N) is 8. The summed E-state index contributed by atoms with van der Waals surface area (Å²) < 4.78 is 43.0. The molecule has 1 N–H and O–H groups in total. The molecule has 3 aromatic heterocycles. The van der Waals surface area contributed by atoms with E-state index in [-0.39, 0.29) is 24.2 Å². The quantitative estimate of drug-likeness (QED) is 0.381. The van der Waals surface area contributed by atoms with E-state index in [2.05, 4.69) is 29.9 Å². The van der Waals surface area contributed by atoms with Gasteiger partial charge in [-0.1, -0.05) is 11.3 Å². The molecule has 2 saturated heterocycles. The summed E-state index contributed by atoms with van der Waals surface area (Å²) in [5, 5.41) is 3.75. The number of rotatable bonds is 5. The van der Waals surface area contributed by atoms with E-state index in [9.17, 15) is 18.0 Å². The van der Waals surface area contributed by atoms with Crippen LogP contribution < -0.4 is 9.80 Å². The van der Waals surface area contributed by atoms with Crippen LogP contribution in [0.2, 0.25) is 0 Å². The van der Waals surface area contributed by atoms with Crippen molar-refractivity contribution in [3.05, 3.63) is 34.9 Å². The van der Waals surface area contributed by atoms with Crippen molar-refractivity contribution in [2.45, 2.75) is 52.4 Å². The zero-order valence-electron chi connectivity index (χ0n) is 22.5. The predicted octanol–water partition coefficient (Wildman–Crippen LogP) is 4.25. The van der Waals surface area contributed by atoms with Gasteiger partial charge in [0.1, 0.15) is 28.9 Å². The first kappa shape index (κ1) is 26.5. The normalized spacial score (nSPS) is 18.4. The van der Waals surface area contributed by atoms with Crippen molar-refractivity contribution in [2.75, 3.05) is 42.5 Å². The maximum Gasteiger partial charge on any atom is 0.443 e. The third-order valence-corrected chi connectivity index (χ3v) is 8.66. The Morgan fingerprint density at radius 3 is 2.52 bits per heavy atom. The third kappa shape index (κ3) is 5.00. The van der Waals surface area contributed by atoms with Crippen LogP contribution >= 0.6 is 11.3 Å². The van der Waals surface area contributed by atoms with Gasteiger partial charge in [0.15, 0.2) is 5.82 Å². The van der Waals surface area contributed by atoms with Crippen LogP contribution in [0.5, 0.6) is 0 Å². The van der Waals surface area contributed by atoms with Crippen LogP contribution in [0.1, 0.15) is 36.4 Å². The SMILES string of the molecule is Cc1nc(C)n(CC(=O)N2CCN(c3sc(C(F)(F)F)nc3-c3nc4ccc(N5CCCC5)cc4[nH]3)C[C@H]2C)n1. The Morgan fingerprint density at radius 2 is 1.85 bits per heavy atom. The van der Waals surface area contributed by atoms with Crippen LogP contribution in [0.15, 0.2) is 18.2 Å². The van der Waals surface area contributed by atoms with Gasteiger partial charge >= 0.3 is 6.18 Å². The molecule has 40 heavy (non-hydrogen) atoms. The van der Waals surface area contributed by atoms with Crippen molar-refractivity contribution in [1.82, 2.24) is 34.6 Å². The summed E-state index contributed by atoms with van der Waals surface area (Å²) in [4.78, 5) is 35.1. The van der Waals surface area contributed by atoms with Gasteiger partial charge in [-0.2, -0.15) is 18.3 Å². The highest BCUT2D eigenvalue weighted by atomic mass is 32.1. The molecule has 212 valence electrons. The molecule has 0 unspecified atom stereocenters. The van der Waals surface area contributed by atoms with Gasteiger partial charge in [-0.25, -0.2) is 19.6 Å². The molecule has 4 aromatic rings. The van der Waals surface area contributed by atoms with Gasteiger partial charge in [-0.05, 0) is 51.8 Å². The van der Waals surface area contributed by atoms with Crippen molar-refractivity contribution in [3.63, 3.8) is 0 Å². The number of nitrogens with one attached hydrogen (secondary N) is 1. The number of anilines is 2. The molecule has 0 spiro atoms. The lowest BCUT2D eigenvalue weighted by Crippen LogP contribution is -2.54. The lowest BCUT2D eigenvalue weighted by Gasteiger charge is -2.40. The molecule has 1 aromatic carbocycles. The van der Waals surface area contributed by atoms with E-state index in [1.165, 1.54) is 0 Å². The summed E-state index contributed by atoms with van der Waals surface area (Å²) in [7, 11) is 0. The van der Waals surface area contributed by atoms with Crippen molar-refractivity contribution >= 4 is 39.0 Å². The summed E-state index contributed by atoms with van der Waals surface area (Å²) in [5.41, 5.74) is 2.68. The molecular formula is C26H30F3N9OS. The molecule has 0 saturated carbocycles. The number of aromatic nitrogens is 6. The Labute approximate surface area is 232 Å². The standard InChI is InChI=1S/C26H30F3N9OS/c1-15-13-36(10-11-37(15)21(39)14-38-17(3)30-16(2)34-38)24-22(33-25(40-24)26(27,28)29)23-31-19-7-6-18(12-20(19)32-23)35-8-4-5-9-35/h6-7,12,15H,4-5,8-11,13-14H2,1-3H3,(H,31,32)/t15-/m1/s1. The summed E-state index contributed by atoms with van der Waals surface area (Å²) in [6.07, 6.45) is -2.29. The largest absolute Gasteiger partial charge is 0.443 e. The highest BCUT2D eigenvalue weighted by Gasteiger charge is 2.39. The minimum atomic E-state index is -4.58. The Balaban J connectivity index is 1.26. The monoisotopic (exact) mass is 573 g/mol. The zero-order chi connectivity index (χ0) is 28.2. The van der Waals surface area contributed by atoms with E-state index in [0.717, 1.165) is 37.1 Å². The second-order valence-electron chi connectivity index (χ2n) is 10.4. The highest BCUT2D eigenvalue weighted by molar-refractivity contribution is 7.16. The van der Waals surface area contributed by atoms with Gasteiger partial charge < -0.3 is 19.7 Å². The maximum atomic E-state index is 13.8. The number of hydrogen-bond donors (Lipinski definition) is 1. The van der Waals surface area contributed by atoms with Gasteiger partial charge in [-0.15, -0.1) is 0 Å². The fourth-order valence-corrected chi connectivity index (χ4v) is 6.50. The van der Waals surface area contributed by atoms with Crippen molar-refractivity contribution in [1.29, 1.82) is 0 Å². The Hall–Kier alpha value is -3.68. The van der Waals surface area contributed by atoms with E-state index in [1.807, 2.05) is 30.0 Å². The third-order valence-electron chi connectivity index (χ3n) is 7.50. The lowest BCUT2D eigenvalue weighted by atomic mass is 10.2. The van der Waals surface area contributed by atoms with Gasteiger partial charge in [0.05, 0.1) is 11.0 Å². The second kappa shape index (κ2) is 10.1. The first-order valence-corrected chi connectivity index (χ1v) is 14.1. The van der Waals surface area contributed by atoms with E-state index in [4.69, 9.17) is 0 Å². The Kier molecular flexibility index (Phi) is 6.67. The number of benzene rings is 1. The molecule has 0 radical (unpaired) electrons. The number of aromatic amines is 1. The predicted molar refractivity (Wildman–Crippen MR) is 147 cm³/mol. The average molecular weight is 574 g/mol. The van der Waals surface area contributed by atoms with Crippen LogP contribution in [0, 0.1) is 13.8 Å². The molecule has 0 bridgehead atoms. The van der Waals surface area contributed by atoms with Crippen molar-refractivity contribution < 1.29 is 18.0 Å². The number of hydrogen-bond acceptors (Lipinski definition) is 8. The molecule has 6 rings (SSSR count). The molecule has 1 amide bonds. The van der Waals surface area contributed by atoms with Crippen molar-refractivity contribution in [2.24, 2.45) is 0 Å². The van der Waals surface area contributed by atoms with Gasteiger partial charge in [-0.3, -0.25) is 4.79 Å². The fraction of sp³-hybridized carbons (Fsp3) is 0.500. The summed E-state index contributed by atoms with van der Waals surface area (Å²) in [6.45, 7) is 8.62. The number of aryl methyl sites for hydroxylation is 2. The molecule has 0 aliphatic carbocycles. The molecule has 2 aliphatic rings. The minimum absolute atomic E-state index is 0.0689. The number of fused-ring (bicyclic) bond motifs is 1. The molecule has 2 fully saturated rings. The van der Waals surface area contributed by atoms with Crippen LogP contribution in [-0.4, -0.2) is 79.3 Å². The van der Waals surface area contributed by atoms with Crippen LogP contribution in [0.4, 0.5) is 23.9 Å². The smallest absolute Gasteiger partial charge is 0.371 e. The van der Waals surface area contributed by atoms with Crippen LogP contribution in [0.25, 0.3) is 22.6 Å². The number of imidazole rings is 1. The fourth-order valence-electron chi connectivity index (χ4n) is 5.53. The Morgan fingerprint density at radius 1 is 1.07 bits per heavy atom. The number of H-pyrrole nitrogens is 1. The molecule has 1 atom stereocenters. The lowest BCUT2D eigenvalue weighted by molar-refractivity contribution is -0.137. The molecule has 14 heteroatoms. The maximum absolute atomic E-state index is 13.8. The average Bonchev–Trinajstić information content (AvgIpc) is 3.69. The number of halogens is 3. The zero-order valence-corrected chi connectivity index (χ0v) is 23.3. The summed E-state index contributed by atoms with van der Waals surface area (Å²) in [6, 6.07) is 5.67. The van der Waals surface area contributed by atoms with Crippen LogP contribution in [-0.2, 0) is 17.5 Å². The molecule has 10 nitrogen and oxygen atoms in total. The van der Waals surface area contributed by atoms with Gasteiger partial charge in [0.25, 0.3) is 0 Å². The topological polar surface area (TPSA) is 99.1 Å². The number of carbonyl (C=O) groups is 1. The van der Waals surface area contributed by atoms with E-state index in [0.29, 0.717) is 59.0 Å². The van der Waals surface area contributed by atoms with Crippen LogP contribution in [0.3, 0.4) is 0 Å². The highest BCUT2D eigenvalue weighted by Crippen LogP contribution is 2.43. The second-order valence-corrected chi connectivity index (χ2v) is 11.4. The summed E-state index contributed by atoms with van der Waals surface area (Å²) >= 11 is 0.616. The van der Waals surface area contributed by atoms with Gasteiger partial charge in [0, 0.05) is 44.5 Å². The van der Waals surface area contributed by atoms with E-state index >= 15 is 0 Å². The first-order valence-electron chi connectivity index (χ1n) is 13.3. The number of carbonyl (C=O) groups excluding carboxylic acids is 1. The summed E-state index contributed by atoms with van der Waals surface area (Å²) in [5.74, 6) is 1.45. The number of amides is 1. The first-order chi connectivity index (χ1) is 19.1. The van der Waals surface area contributed by atoms with E-state index in [1.54, 1.807) is 23.4 Å². The Bertz CT molecular complexity index is 1550. The van der Waals surface area contributed by atoms with Crippen molar-refractivity contribution in [3.8, 4) is 11.5 Å². The van der Waals surface area contributed by atoms with E-state index < -0.39 is 11.2 Å². The molecule has 5 heterocycles. The molecule has 2 aliphatic heterocycles. The minimum Gasteiger partial charge on any atom is -0.371 e. The number of alkyl halides is 3.